The number of aliphatic carboxylic acids is 3. The summed E-state index contributed by atoms with van der Waals surface area (Å²) in [6, 6.07) is 9.78. The van der Waals surface area contributed by atoms with Crippen LogP contribution in [0, 0.1) is 5.41 Å². The van der Waals surface area contributed by atoms with E-state index < -0.39 is 36.4 Å². The Labute approximate surface area is 254 Å². The number of likely N-dealkylation sites (tertiary alicyclic amines) is 2. The van der Waals surface area contributed by atoms with E-state index in [1.54, 1.807) is 12.4 Å². The highest BCUT2D eigenvalue weighted by Crippen LogP contribution is 2.39. The second-order valence-electron chi connectivity index (χ2n) is 9.76. The zero-order valence-corrected chi connectivity index (χ0v) is 23.4. The van der Waals surface area contributed by atoms with Crippen LogP contribution in [0.3, 0.4) is 0 Å². The number of pyridine rings is 2. The largest absolute Gasteiger partial charge is 0.490 e. The van der Waals surface area contributed by atoms with Crippen LogP contribution in [-0.4, -0.2) is 104 Å². The zero-order chi connectivity index (χ0) is 35.3. The van der Waals surface area contributed by atoms with Crippen LogP contribution in [-0.2, 0) is 20.9 Å². The second kappa shape index (κ2) is 16.7. The minimum Gasteiger partial charge on any atom is -0.475 e. The lowest BCUT2D eigenvalue weighted by atomic mass is 9.79. The molecule has 1 atom stereocenters. The van der Waals surface area contributed by atoms with Crippen molar-refractivity contribution in [3.8, 4) is 0 Å². The van der Waals surface area contributed by atoms with Crippen LogP contribution in [0.2, 0.25) is 0 Å². The zero-order valence-electron chi connectivity index (χ0n) is 23.4. The molecule has 46 heavy (non-hydrogen) atoms. The molecule has 4 heterocycles. The standard InChI is InChI=1S/C20H24N4O.3C2HF3O2/c25-19(17-5-3-9-21-13-17)24-11-4-7-20(16-24)8-12-23(15-20)14-18-6-1-2-10-22-18;3*3-2(4,5)1(6)7/h1-3,5-6,9-10,13H,4,7-8,11-12,14-16H2;3*(H,6,7). The number of alkyl halides is 9. The normalized spacial score (nSPS) is 18.2. The summed E-state index contributed by atoms with van der Waals surface area (Å²) < 4.78 is 95.2. The molecule has 256 valence electrons. The van der Waals surface area contributed by atoms with Gasteiger partial charge < -0.3 is 20.2 Å². The Hall–Kier alpha value is -4.49. The van der Waals surface area contributed by atoms with Crippen LogP contribution < -0.4 is 0 Å². The molecule has 1 amide bonds. The number of carbonyl (C=O) groups excluding carboxylic acids is 1. The molecule has 0 radical (unpaired) electrons. The second-order valence-corrected chi connectivity index (χ2v) is 9.76. The van der Waals surface area contributed by atoms with Gasteiger partial charge in [0.25, 0.3) is 5.91 Å². The van der Waals surface area contributed by atoms with Crippen LogP contribution in [0.25, 0.3) is 0 Å². The summed E-state index contributed by atoms with van der Waals surface area (Å²) in [6.45, 7) is 4.76. The first kappa shape index (κ1) is 39.5. The molecule has 2 fully saturated rings. The third-order valence-corrected chi connectivity index (χ3v) is 6.21. The number of hydrogen-bond acceptors (Lipinski definition) is 7. The van der Waals surface area contributed by atoms with Gasteiger partial charge in [-0.05, 0) is 50.1 Å². The summed E-state index contributed by atoms with van der Waals surface area (Å²) in [6.07, 6.45) is -6.55. The van der Waals surface area contributed by atoms with E-state index in [0.29, 0.717) is 5.56 Å². The Morgan fingerprint density at radius 2 is 1.28 bits per heavy atom. The number of carboxylic acids is 3. The van der Waals surface area contributed by atoms with Gasteiger partial charge in [-0.3, -0.25) is 19.7 Å². The molecular formula is C26H27F9N4O7. The lowest BCUT2D eigenvalue weighted by Gasteiger charge is -2.40. The number of amides is 1. The highest BCUT2D eigenvalue weighted by atomic mass is 19.4. The Bertz CT molecular complexity index is 1240. The minimum atomic E-state index is -5.08. The van der Waals surface area contributed by atoms with Crippen molar-refractivity contribution in [1.82, 2.24) is 19.8 Å². The number of carbonyl (C=O) groups is 4. The van der Waals surface area contributed by atoms with Gasteiger partial charge in [0, 0.05) is 50.2 Å². The van der Waals surface area contributed by atoms with Gasteiger partial charge in [-0.2, -0.15) is 39.5 Å². The smallest absolute Gasteiger partial charge is 0.475 e. The van der Waals surface area contributed by atoms with Crippen molar-refractivity contribution in [3.05, 3.63) is 60.2 Å². The summed E-state index contributed by atoms with van der Waals surface area (Å²) >= 11 is 0. The van der Waals surface area contributed by atoms with Crippen molar-refractivity contribution in [1.29, 1.82) is 0 Å². The third kappa shape index (κ3) is 14.1. The highest BCUT2D eigenvalue weighted by Gasteiger charge is 2.43. The average Bonchev–Trinajstić information content (AvgIpc) is 3.34. The molecule has 4 rings (SSSR count). The van der Waals surface area contributed by atoms with Crippen molar-refractivity contribution < 1.29 is 74.0 Å². The Kier molecular flexibility index (Phi) is 14.4. The molecule has 20 heteroatoms. The molecule has 0 saturated carbocycles. The lowest BCUT2D eigenvalue weighted by molar-refractivity contribution is -0.193. The number of aromatic nitrogens is 2. The van der Waals surface area contributed by atoms with E-state index >= 15 is 0 Å². The van der Waals surface area contributed by atoms with Crippen LogP contribution in [0.4, 0.5) is 39.5 Å². The number of piperidine rings is 1. The summed E-state index contributed by atoms with van der Waals surface area (Å²) in [5, 5.41) is 21.4. The molecule has 0 bridgehead atoms. The molecule has 2 aliphatic heterocycles. The quantitative estimate of drug-likeness (QED) is 0.394. The average molecular weight is 679 g/mol. The van der Waals surface area contributed by atoms with Crippen molar-refractivity contribution in [2.45, 2.75) is 44.3 Å². The number of rotatable bonds is 3. The van der Waals surface area contributed by atoms with Gasteiger partial charge in [0.2, 0.25) is 0 Å². The van der Waals surface area contributed by atoms with Crippen molar-refractivity contribution in [2.24, 2.45) is 5.41 Å². The van der Waals surface area contributed by atoms with Crippen LogP contribution >= 0.6 is 0 Å². The van der Waals surface area contributed by atoms with Gasteiger partial charge in [-0.1, -0.05) is 6.07 Å². The van der Waals surface area contributed by atoms with Crippen LogP contribution in [0.15, 0.2) is 48.9 Å². The molecular weight excluding hydrogens is 651 g/mol. The van der Waals surface area contributed by atoms with Gasteiger partial charge in [0.1, 0.15) is 0 Å². The predicted octanol–water partition coefficient (Wildman–Crippen LogP) is 4.50. The SMILES string of the molecule is O=C(O)C(F)(F)F.O=C(O)C(F)(F)F.O=C(O)C(F)(F)F.O=C(c1cccnc1)N1CCCC2(CCN(Cc3ccccn3)C2)C1. The van der Waals surface area contributed by atoms with Gasteiger partial charge in [0.15, 0.2) is 0 Å². The number of nitrogens with zero attached hydrogens (tertiary/aromatic N) is 4. The molecule has 3 N–H and O–H groups in total. The molecule has 2 aromatic heterocycles. The molecule has 11 nitrogen and oxygen atoms in total. The van der Waals surface area contributed by atoms with E-state index in [9.17, 15) is 44.3 Å². The summed E-state index contributed by atoms with van der Waals surface area (Å²) in [5.41, 5.74) is 2.06. The maximum absolute atomic E-state index is 12.8. The maximum Gasteiger partial charge on any atom is 0.490 e. The van der Waals surface area contributed by atoms with E-state index in [-0.39, 0.29) is 11.3 Å². The van der Waals surface area contributed by atoms with Gasteiger partial charge in [-0.15, -0.1) is 0 Å². The van der Waals surface area contributed by atoms with E-state index in [1.165, 1.54) is 6.42 Å². The number of halogens is 9. The molecule has 2 aromatic rings. The summed E-state index contributed by atoms with van der Waals surface area (Å²) in [4.78, 5) is 52.5. The van der Waals surface area contributed by atoms with Gasteiger partial charge in [0.05, 0.1) is 11.3 Å². The van der Waals surface area contributed by atoms with E-state index in [1.807, 2.05) is 35.4 Å². The van der Waals surface area contributed by atoms with Crippen LogP contribution in [0.5, 0.6) is 0 Å². The highest BCUT2D eigenvalue weighted by molar-refractivity contribution is 5.94. The topological polar surface area (TPSA) is 161 Å². The fourth-order valence-corrected chi connectivity index (χ4v) is 4.27. The fraction of sp³-hybridized carbons (Fsp3) is 0.462. The minimum absolute atomic E-state index is 0.121. The van der Waals surface area contributed by atoms with E-state index in [2.05, 4.69) is 20.9 Å². The summed E-state index contributed by atoms with van der Waals surface area (Å²) in [7, 11) is 0. The molecule has 2 aliphatic rings. The molecule has 1 spiro atoms. The number of hydrogen-bond donors (Lipinski definition) is 3. The lowest BCUT2D eigenvalue weighted by Crippen LogP contribution is -2.47. The number of carboxylic acid groups (broad SMARTS) is 3. The Morgan fingerprint density at radius 3 is 1.72 bits per heavy atom. The van der Waals surface area contributed by atoms with Crippen LogP contribution in [0.1, 0.15) is 35.3 Å². The van der Waals surface area contributed by atoms with Gasteiger partial charge >= 0.3 is 36.4 Å². The molecule has 0 aromatic carbocycles. The monoisotopic (exact) mass is 678 g/mol. The maximum atomic E-state index is 12.8. The molecule has 0 aliphatic carbocycles. The van der Waals surface area contributed by atoms with E-state index in [4.69, 9.17) is 29.7 Å². The summed E-state index contributed by atoms with van der Waals surface area (Å²) in [5.74, 6) is -8.15. The predicted molar refractivity (Wildman–Crippen MR) is 137 cm³/mol. The molecule has 2 saturated heterocycles. The first-order valence-electron chi connectivity index (χ1n) is 12.8. The Balaban J connectivity index is 0.000000413. The Morgan fingerprint density at radius 1 is 0.739 bits per heavy atom. The van der Waals surface area contributed by atoms with Crippen molar-refractivity contribution in [3.63, 3.8) is 0 Å². The van der Waals surface area contributed by atoms with Crippen molar-refractivity contribution in [2.75, 3.05) is 26.2 Å². The first-order valence-corrected chi connectivity index (χ1v) is 12.8. The fourth-order valence-electron chi connectivity index (χ4n) is 4.27. The van der Waals surface area contributed by atoms with Gasteiger partial charge in [-0.25, -0.2) is 14.4 Å². The van der Waals surface area contributed by atoms with E-state index in [0.717, 1.165) is 51.3 Å². The third-order valence-electron chi connectivity index (χ3n) is 6.21. The van der Waals surface area contributed by atoms with Crippen molar-refractivity contribution >= 4 is 23.8 Å². The molecule has 1 unspecified atom stereocenters. The first-order chi connectivity index (χ1) is 21.1.